The van der Waals surface area contributed by atoms with Gasteiger partial charge in [-0.2, -0.15) is 0 Å². The summed E-state index contributed by atoms with van der Waals surface area (Å²) < 4.78 is 25.0. The highest BCUT2D eigenvalue weighted by Crippen LogP contribution is 2.31. The van der Waals surface area contributed by atoms with E-state index in [4.69, 9.17) is 9.47 Å². The minimum atomic E-state index is -0.508. The van der Waals surface area contributed by atoms with Crippen molar-refractivity contribution in [2.75, 3.05) is 38.3 Å². The number of hydrogen-bond donors (Lipinski definition) is 0. The maximum absolute atomic E-state index is 14.7. The normalized spacial score (nSPS) is 13.8. The third-order valence-electron chi connectivity index (χ3n) is 4.97. The van der Waals surface area contributed by atoms with E-state index in [1.807, 2.05) is 18.2 Å². The van der Waals surface area contributed by atoms with Gasteiger partial charge >= 0.3 is 5.97 Å². The molecule has 0 aliphatic carbocycles. The molecule has 4 rings (SSSR count). The maximum atomic E-state index is 14.7. The van der Waals surface area contributed by atoms with Crippen molar-refractivity contribution in [3.8, 4) is 11.3 Å². The molecule has 1 saturated heterocycles. The predicted octanol–water partition coefficient (Wildman–Crippen LogP) is 4.00. The van der Waals surface area contributed by atoms with Gasteiger partial charge in [0.15, 0.2) is 0 Å². The Balaban J connectivity index is 0.00000240. The van der Waals surface area contributed by atoms with Crippen molar-refractivity contribution < 1.29 is 18.7 Å². The van der Waals surface area contributed by atoms with Gasteiger partial charge in [-0.15, -0.1) is 0 Å². The zero-order valence-corrected chi connectivity index (χ0v) is 15.7. The van der Waals surface area contributed by atoms with Crippen molar-refractivity contribution in [2.24, 2.45) is 0 Å². The number of ether oxygens (including phenoxy) is 2. The second-order valence-electron chi connectivity index (χ2n) is 6.66. The Morgan fingerprint density at radius 2 is 1.93 bits per heavy atom. The summed E-state index contributed by atoms with van der Waals surface area (Å²) >= 11 is 0. The summed E-state index contributed by atoms with van der Waals surface area (Å²) in [6.45, 7) is 4.69. The van der Waals surface area contributed by atoms with Crippen LogP contribution in [0.15, 0.2) is 36.7 Å². The zero-order chi connectivity index (χ0) is 19.7. The predicted molar refractivity (Wildman–Crippen MR) is 111 cm³/mol. The first-order valence-electron chi connectivity index (χ1n) is 9.05. The van der Waals surface area contributed by atoms with Crippen LogP contribution in [0.1, 0.15) is 23.3 Å². The van der Waals surface area contributed by atoms with Gasteiger partial charge in [0.05, 0.1) is 37.1 Å². The van der Waals surface area contributed by atoms with E-state index in [0.717, 1.165) is 24.2 Å². The smallest absolute Gasteiger partial charge is 0.338 e. The van der Waals surface area contributed by atoms with Crippen LogP contribution < -0.4 is 4.90 Å². The molecule has 2 heterocycles. The molecule has 0 unspecified atom stereocenters. The van der Waals surface area contributed by atoms with Crippen LogP contribution in [0.4, 0.5) is 10.1 Å². The lowest BCUT2D eigenvalue weighted by molar-refractivity contribution is 0.0600. The summed E-state index contributed by atoms with van der Waals surface area (Å²) in [7, 11) is 1.30. The van der Waals surface area contributed by atoms with Crippen molar-refractivity contribution in [3.05, 3.63) is 53.6 Å². The molecule has 1 aliphatic heterocycles. The number of halogens is 1. The number of hydrogen-bond acceptors (Lipinski definition) is 6. The third kappa shape index (κ3) is 3.91. The Bertz CT molecular complexity index is 1050. The number of fused-ring (bicyclic) bond motifs is 1. The average molecular weight is 397 g/mol. The van der Waals surface area contributed by atoms with Crippen LogP contribution in [0.3, 0.4) is 0 Å². The van der Waals surface area contributed by atoms with Gasteiger partial charge in [0, 0.05) is 29.7 Å². The molecular weight excluding hydrogens is 373 g/mol. The second-order valence-corrected chi connectivity index (χ2v) is 6.66. The van der Waals surface area contributed by atoms with Gasteiger partial charge in [-0.1, -0.05) is 7.43 Å². The topological polar surface area (TPSA) is 64.5 Å². The molecular formula is C22H24FN3O3. The molecule has 0 N–H and O–H groups in total. The number of benzene rings is 2. The maximum Gasteiger partial charge on any atom is 0.338 e. The fourth-order valence-electron chi connectivity index (χ4n) is 3.46. The second kappa shape index (κ2) is 8.53. The lowest BCUT2D eigenvalue weighted by atomic mass is 9.99. The van der Waals surface area contributed by atoms with Crippen molar-refractivity contribution in [2.45, 2.75) is 14.4 Å². The Morgan fingerprint density at radius 1 is 1.17 bits per heavy atom. The summed E-state index contributed by atoms with van der Waals surface area (Å²) in [6.07, 6.45) is 1.41. The molecule has 1 aromatic heterocycles. The molecule has 7 heteroatoms. The van der Waals surface area contributed by atoms with Crippen LogP contribution >= 0.6 is 0 Å². The molecule has 0 atom stereocenters. The molecule has 0 amide bonds. The Kier molecular flexibility index (Phi) is 6.08. The molecule has 0 radical (unpaired) electrons. The van der Waals surface area contributed by atoms with Crippen LogP contribution in [0.2, 0.25) is 0 Å². The summed E-state index contributed by atoms with van der Waals surface area (Å²) in [4.78, 5) is 22.9. The molecule has 1 aliphatic rings. The molecule has 0 spiro atoms. The van der Waals surface area contributed by atoms with Gasteiger partial charge in [-0.25, -0.2) is 19.2 Å². The van der Waals surface area contributed by atoms with Gasteiger partial charge in [0.2, 0.25) is 0 Å². The number of nitrogens with zero attached hydrogens (tertiary/aromatic N) is 3. The van der Waals surface area contributed by atoms with Gasteiger partial charge < -0.3 is 14.4 Å². The summed E-state index contributed by atoms with van der Waals surface area (Å²) in [6, 6.07) is 8.67. The van der Waals surface area contributed by atoms with Crippen LogP contribution in [0.25, 0.3) is 22.2 Å². The van der Waals surface area contributed by atoms with Crippen molar-refractivity contribution in [3.63, 3.8) is 0 Å². The van der Waals surface area contributed by atoms with E-state index in [-0.39, 0.29) is 13.0 Å². The first kappa shape index (κ1) is 20.7. The van der Waals surface area contributed by atoms with Crippen LogP contribution in [-0.4, -0.2) is 49.4 Å². The standard InChI is InChI=1S/C21H20FN3O3.CH4/c1-13-9-18(22)17(11-16(13)21(26)27-2)20-15-4-3-14(10-19(15)23-12-24-20)25-5-7-28-8-6-25;/h3-4,9-12H,5-8H2,1-2H3;1H4. The van der Waals surface area contributed by atoms with E-state index in [1.165, 1.54) is 25.6 Å². The fraction of sp³-hybridized carbons (Fsp3) is 0.318. The van der Waals surface area contributed by atoms with Gasteiger partial charge in [-0.3, -0.25) is 0 Å². The summed E-state index contributed by atoms with van der Waals surface area (Å²) in [5.41, 5.74) is 3.28. The first-order chi connectivity index (χ1) is 13.6. The number of aromatic nitrogens is 2. The Hall–Kier alpha value is -3.06. The number of carbonyl (C=O) groups is 1. The number of aryl methyl sites for hydroxylation is 1. The third-order valence-corrected chi connectivity index (χ3v) is 4.97. The number of rotatable bonds is 3. The molecule has 0 bridgehead atoms. The minimum Gasteiger partial charge on any atom is -0.465 e. The monoisotopic (exact) mass is 397 g/mol. The van der Waals surface area contributed by atoms with Crippen LogP contribution in [0, 0.1) is 12.7 Å². The first-order valence-corrected chi connectivity index (χ1v) is 9.05. The summed E-state index contributed by atoms with van der Waals surface area (Å²) in [5.74, 6) is -0.950. The van der Waals surface area contributed by atoms with Gasteiger partial charge in [0.1, 0.15) is 12.1 Å². The van der Waals surface area contributed by atoms with Crippen molar-refractivity contribution in [1.29, 1.82) is 0 Å². The average Bonchev–Trinajstić information content (AvgIpc) is 2.73. The van der Waals surface area contributed by atoms with E-state index in [9.17, 15) is 9.18 Å². The van der Waals surface area contributed by atoms with Crippen molar-refractivity contribution >= 4 is 22.6 Å². The number of anilines is 1. The van der Waals surface area contributed by atoms with Gasteiger partial charge in [0.25, 0.3) is 0 Å². The lowest BCUT2D eigenvalue weighted by Crippen LogP contribution is -2.36. The van der Waals surface area contributed by atoms with E-state index in [1.54, 1.807) is 6.92 Å². The number of morpholine rings is 1. The van der Waals surface area contributed by atoms with Crippen LogP contribution in [-0.2, 0) is 9.47 Å². The van der Waals surface area contributed by atoms with Gasteiger partial charge in [-0.05, 0) is 42.8 Å². The van der Waals surface area contributed by atoms with Crippen LogP contribution in [0.5, 0.6) is 0 Å². The summed E-state index contributed by atoms with van der Waals surface area (Å²) in [5, 5.41) is 0.720. The molecule has 0 saturated carbocycles. The molecule has 1 fully saturated rings. The van der Waals surface area contributed by atoms with E-state index in [2.05, 4.69) is 14.9 Å². The number of carbonyl (C=O) groups excluding carboxylic acids is 1. The molecule has 3 aromatic rings. The Labute approximate surface area is 169 Å². The number of methoxy groups -OCH3 is 1. The molecule has 2 aromatic carbocycles. The molecule has 29 heavy (non-hydrogen) atoms. The van der Waals surface area contributed by atoms with E-state index >= 15 is 0 Å². The highest BCUT2D eigenvalue weighted by molar-refractivity contribution is 5.97. The van der Waals surface area contributed by atoms with E-state index in [0.29, 0.717) is 35.6 Å². The fourth-order valence-corrected chi connectivity index (χ4v) is 3.46. The Morgan fingerprint density at radius 3 is 2.66 bits per heavy atom. The van der Waals surface area contributed by atoms with E-state index < -0.39 is 11.8 Å². The van der Waals surface area contributed by atoms with Crippen molar-refractivity contribution in [1.82, 2.24) is 9.97 Å². The quantitative estimate of drug-likeness (QED) is 0.623. The number of esters is 1. The zero-order valence-electron chi connectivity index (χ0n) is 15.7. The SMILES string of the molecule is C.COC(=O)c1cc(-c2ncnc3cc(N4CCOCC4)ccc23)c(F)cc1C. The highest BCUT2D eigenvalue weighted by Gasteiger charge is 2.18. The molecule has 6 nitrogen and oxygen atoms in total. The lowest BCUT2D eigenvalue weighted by Gasteiger charge is -2.29. The largest absolute Gasteiger partial charge is 0.465 e. The minimum absolute atomic E-state index is 0. The molecule has 152 valence electrons. The highest BCUT2D eigenvalue weighted by atomic mass is 19.1.